The van der Waals surface area contributed by atoms with Gasteiger partial charge in [0.2, 0.25) is 0 Å². The average Bonchev–Trinajstić information content (AvgIpc) is 2.72. The van der Waals surface area contributed by atoms with Crippen LogP contribution in [0, 0.1) is 0 Å². The number of halogens is 5. The van der Waals surface area contributed by atoms with Gasteiger partial charge in [0.25, 0.3) is 0 Å². The summed E-state index contributed by atoms with van der Waals surface area (Å²) in [5.74, 6) is 0. The van der Waals surface area contributed by atoms with Crippen molar-refractivity contribution >= 4 is 40.5 Å². The van der Waals surface area contributed by atoms with Crippen molar-refractivity contribution in [3.8, 4) is 0 Å². The van der Waals surface area contributed by atoms with E-state index in [0.29, 0.717) is 29.2 Å². The van der Waals surface area contributed by atoms with Crippen molar-refractivity contribution in [3.63, 3.8) is 0 Å². The van der Waals surface area contributed by atoms with Gasteiger partial charge in [0.1, 0.15) is 6.10 Å². The molecule has 1 aromatic carbocycles. The van der Waals surface area contributed by atoms with Crippen molar-refractivity contribution in [2.24, 2.45) is 0 Å². The fraction of sp³-hybridized carbons (Fsp3) is 0.300. The Morgan fingerprint density at radius 2 is 2.00 bits per heavy atom. The molecule has 0 saturated carbocycles. The number of pyridine rings is 1. The SMILES string of the molecule is O=C(Nc1ccc(C(F)(F)F)c(Cl)c1)N1CC=C(c2ncc(C(O)CO)cc2Cl)CC1. The van der Waals surface area contributed by atoms with Gasteiger partial charge in [0, 0.05) is 30.5 Å². The highest BCUT2D eigenvalue weighted by atomic mass is 35.5. The molecule has 11 heteroatoms. The highest BCUT2D eigenvalue weighted by Gasteiger charge is 2.33. The molecule has 2 heterocycles. The van der Waals surface area contributed by atoms with Crippen molar-refractivity contribution in [3.05, 3.63) is 63.4 Å². The molecule has 1 aliphatic rings. The summed E-state index contributed by atoms with van der Waals surface area (Å²) < 4.78 is 38.4. The summed E-state index contributed by atoms with van der Waals surface area (Å²) in [6.07, 6.45) is -1.99. The van der Waals surface area contributed by atoms with E-state index in [9.17, 15) is 23.1 Å². The molecular formula is C20H18Cl2F3N3O3. The van der Waals surface area contributed by atoms with Crippen LogP contribution < -0.4 is 5.32 Å². The molecule has 1 aromatic heterocycles. The van der Waals surface area contributed by atoms with Crippen LogP contribution in [0.2, 0.25) is 10.0 Å². The predicted molar refractivity (Wildman–Crippen MR) is 111 cm³/mol. The van der Waals surface area contributed by atoms with Crippen LogP contribution in [0.15, 0.2) is 36.5 Å². The van der Waals surface area contributed by atoms with Crippen LogP contribution in [0.5, 0.6) is 0 Å². The van der Waals surface area contributed by atoms with Gasteiger partial charge < -0.3 is 20.4 Å². The Bertz CT molecular complexity index is 1010. The van der Waals surface area contributed by atoms with Crippen molar-refractivity contribution in [2.45, 2.75) is 18.7 Å². The zero-order chi connectivity index (χ0) is 22.8. The summed E-state index contributed by atoms with van der Waals surface area (Å²) in [7, 11) is 0. The Labute approximate surface area is 185 Å². The number of urea groups is 1. The number of amides is 2. The van der Waals surface area contributed by atoms with Gasteiger partial charge in [-0.3, -0.25) is 4.98 Å². The minimum atomic E-state index is -4.57. The quantitative estimate of drug-likeness (QED) is 0.595. The van der Waals surface area contributed by atoms with E-state index in [1.807, 2.05) is 0 Å². The van der Waals surface area contributed by atoms with Crippen LogP contribution in [0.25, 0.3) is 5.57 Å². The van der Waals surface area contributed by atoms with Gasteiger partial charge in [-0.2, -0.15) is 13.2 Å². The number of nitrogens with one attached hydrogen (secondary N) is 1. The number of anilines is 1. The lowest BCUT2D eigenvalue weighted by Gasteiger charge is -2.27. The lowest BCUT2D eigenvalue weighted by atomic mass is 10.0. The van der Waals surface area contributed by atoms with E-state index in [0.717, 1.165) is 23.8 Å². The summed E-state index contributed by atoms with van der Waals surface area (Å²) in [6, 6.07) is 4.06. The smallest absolute Gasteiger partial charge is 0.393 e. The summed E-state index contributed by atoms with van der Waals surface area (Å²) >= 11 is 11.9. The monoisotopic (exact) mass is 475 g/mol. The second-order valence-corrected chi connectivity index (χ2v) is 7.66. The van der Waals surface area contributed by atoms with Gasteiger partial charge >= 0.3 is 12.2 Å². The minimum Gasteiger partial charge on any atom is -0.393 e. The molecule has 0 fully saturated rings. The predicted octanol–water partition coefficient (Wildman–Crippen LogP) is 4.75. The molecule has 166 valence electrons. The Morgan fingerprint density at radius 3 is 2.55 bits per heavy atom. The van der Waals surface area contributed by atoms with Gasteiger partial charge in [-0.25, -0.2) is 4.79 Å². The van der Waals surface area contributed by atoms with Crippen LogP contribution in [-0.4, -0.2) is 45.8 Å². The number of hydrogen-bond donors (Lipinski definition) is 3. The molecule has 1 aliphatic heterocycles. The number of aromatic nitrogens is 1. The molecule has 2 aromatic rings. The van der Waals surface area contributed by atoms with E-state index in [-0.39, 0.29) is 12.2 Å². The fourth-order valence-corrected chi connectivity index (χ4v) is 3.65. The highest BCUT2D eigenvalue weighted by Crippen LogP contribution is 2.36. The van der Waals surface area contributed by atoms with E-state index in [2.05, 4.69) is 10.3 Å². The van der Waals surface area contributed by atoms with Crippen molar-refractivity contribution in [1.82, 2.24) is 9.88 Å². The fourth-order valence-electron chi connectivity index (χ4n) is 3.07. The highest BCUT2D eigenvalue weighted by molar-refractivity contribution is 6.32. The lowest BCUT2D eigenvalue weighted by molar-refractivity contribution is -0.137. The summed E-state index contributed by atoms with van der Waals surface area (Å²) in [6.45, 7) is 0.133. The van der Waals surface area contributed by atoms with E-state index >= 15 is 0 Å². The second-order valence-electron chi connectivity index (χ2n) is 6.85. The van der Waals surface area contributed by atoms with Crippen molar-refractivity contribution in [2.75, 3.05) is 25.0 Å². The first-order valence-electron chi connectivity index (χ1n) is 9.16. The number of aliphatic hydroxyl groups excluding tert-OH is 2. The third-order valence-corrected chi connectivity index (χ3v) is 5.35. The Balaban J connectivity index is 1.66. The molecule has 3 rings (SSSR count). The molecular weight excluding hydrogens is 458 g/mol. The van der Waals surface area contributed by atoms with Crippen molar-refractivity contribution in [1.29, 1.82) is 0 Å². The Hall–Kier alpha value is -2.33. The zero-order valence-electron chi connectivity index (χ0n) is 16.0. The van der Waals surface area contributed by atoms with Gasteiger partial charge in [-0.15, -0.1) is 0 Å². The number of nitrogens with zero attached hydrogens (tertiary/aromatic N) is 2. The molecule has 2 amide bonds. The molecule has 1 atom stereocenters. The maximum atomic E-state index is 12.8. The first-order chi connectivity index (χ1) is 14.6. The number of carbonyl (C=O) groups is 1. The third-order valence-electron chi connectivity index (χ3n) is 4.75. The van der Waals surface area contributed by atoms with Crippen LogP contribution in [-0.2, 0) is 6.18 Å². The van der Waals surface area contributed by atoms with Crippen LogP contribution in [0.1, 0.15) is 29.3 Å². The average molecular weight is 476 g/mol. The Kier molecular flexibility index (Phi) is 7.10. The number of aliphatic hydroxyl groups is 2. The molecule has 1 unspecified atom stereocenters. The normalized spacial score (nSPS) is 15.5. The molecule has 0 bridgehead atoms. The standard InChI is InChI=1S/C20H18Cl2F3N3O3/c21-15-8-13(1-2-14(15)20(23,24)25)27-19(31)28-5-3-11(4-6-28)18-16(22)7-12(9-26-18)17(30)10-29/h1-3,7-9,17,29-30H,4-6,10H2,(H,27,31). The van der Waals surface area contributed by atoms with Crippen LogP contribution >= 0.6 is 23.2 Å². The van der Waals surface area contributed by atoms with E-state index < -0.39 is 35.5 Å². The minimum absolute atomic E-state index is 0.153. The number of hydrogen-bond acceptors (Lipinski definition) is 4. The van der Waals surface area contributed by atoms with Gasteiger partial charge in [0.15, 0.2) is 0 Å². The molecule has 0 spiro atoms. The first-order valence-corrected chi connectivity index (χ1v) is 9.92. The Morgan fingerprint density at radius 1 is 1.26 bits per heavy atom. The van der Waals surface area contributed by atoms with Crippen molar-refractivity contribution < 1.29 is 28.2 Å². The van der Waals surface area contributed by atoms with E-state index in [4.69, 9.17) is 28.3 Å². The topological polar surface area (TPSA) is 85.7 Å². The third kappa shape index (κ3) is 5.48. The molecule has 0 aliphatic carbocycles. The molecule has 3 N–H and O–H groups in total. The van der Waals surface area contributed by atoms with Gasteiger partial charge in [0.05, 0.1) is 27.9 Å². The second kappa shape index (κ2) is 9.44. The molecule has 0 radical (unpaired) electrons. The number of carbonyl (C=O) groups excluding carboxylic acids is 1. The molecule has 0 saturated heterocycles. The van der Waals surface area contributed by atoms with Gasteiger partial charge in [-0.1, -0.05) is 29.3 Å². The molecule has 6 nitrogen and oxygen atoms in total. The van der Waals surface area contributed by atoms with E-state index in [1.54, 1.807) is 6.08 Å². The van der Waals surface area contributed by atoms with Crippen LogP contribution in [0.3, 0.4) is 0 Å². The summed E-state index contributed by atoms with van der Waals surface area (Å²) in [5.41, 5.74) is 0.908. The van der Waals surface area contributed by atoms with Gasteiger partial charge in [-0.05, 0) is 36.3 Å². The largest absolute Gasteiger partial charge is 0.417 e. The maximum absolute atomic E-state index is 12.8. The van der Waals surface area contributed by atoms with E-state index in [1.165, 1.54) is 17.2 Å². The summed E-state index contributed by atoms with van der Waals surface area (Å²) in [4.78, 5) is 18.2. The number of alkyl halides is 3. The summed E-state index contributed by atoms with van der Waals surface area (Å²) in [5, 5.41) is 21.0. The molecule has 31 heavy (non-hydrogen) atoms. The van der Waals surface area contributed by atoms with Crippen LogP contribution in [0.4, 0.5) is 23.7 Å². The lowest BCUT2D eigenvalue weighted by Crippen LogP contribution is -2.38. The number of benzene rings is 1. The first kappa shape index (κ1) is 23.3. The maximum Gasteiger partial charge on any atom is 0.417 e. The number of rotatable bonds is 4. The zero-order valence-corrected chi connectivity index (χ0v) is 17.5.